The molecule has 1 aromatic heterocycles. The molecule has 1 heterocycles. The summed E-state index contributed by atoms with van der Waals surface area (Å²) in [6, 6.07) is 19.5. The molecule has 9 heteroatoms. The number of methoxy groups -OCH3 is 2. The van der Waals surface area contributed by atoms with Gasteiger partial charge in [0.1, 0.15) is 17.8 Å². The summed E-state index contributed by atoms with van der Waals surface area (Å²) in [5.41, 5.74) is 2.51. The highest BCUT2D eigenvalue weighted by molar-refractivity contribution is 5.98. The standard InChI is InChI=1S/C27H27N3O6/c1-35-24(31)17-22(26(33)30-23(27(34)36-2)15-18-9-5-3-6-10-18)29-25(32)21-16-20(13-14-28-21)19-11-7-4-8-12-19/h3-14,16,22-23H,15,17H2,1-2H3,(H,29,32)(H,30,33)/t22-,23-/m0/s1. The van der Waals surface area contributed by atoms with Gasteiger partial charge in [0.2, 0.25) is 5.91 Å². The number of ether oxygens (including phenoxy) is 2. The van der Waals surface area contributed by atoms with E-state index in [4.69, 9.17) is 4.74 Å². The second-order valence-electron chi connectivity index (χ2n) is 7.88. The number of pyridine rings is 1. The SMILES string of the molecule is COC(=O)C[C@H](NC(=O)c1cc(-c2ccccc2)ccn1)C(=O)N[C@@H](Cc1ccccc1)C(=O)OC. The molecule has 3 rings (SSSR count). The summed E-state index contributed by atoms with van der Waals surface area (Å²) < 4.78 is 9.52. The minimum absolute atomic E-state index is 0.0628. The van der Waals surface area contributed by atoms with Gasteiger partial charge in [-0.15, -0.1) is 0 Å². The first-order chi connectivity index (χ1) is 17.4. The smallest absolute Gasteiger partial charge is 0.328 e. The molecule has 2 atom stereocenters. The van der Waals surface area contributed by atoms with E-state index >= 15 is 0 Å². The number of esters is 2. The van der Waals surface area contributed by atoms with Crippen LogP contribution >= 0.6 is 0 Å². The number of carbonyl (C=O) groups excluding carboxylic acids is 4. The Balaban J connectivity index is 1.78. The van der Waals surface area contributed by atoms with Gasteiger partial charge in [-0.25, -0.2) is 4.79 Å². The molecule has 0 unspecified atom stereocenters. The molecule has 36 heavy (non-hydrogen) atoms. The number of benzene rings is 2. The molecule has 0 saturated heterocycles. The fourth-order valence-electron chi connectivity index (χ4n) is 3.51. The van der Waals surface area contributed by atoms with Crippen LogP contribution in [0.2, 0.25) is 0 Å². The number of hydrogen-bond donors (Lipinski definition) is 2. The van der Waals surface area contributed by atoms with Crippen molar-refractivity contribution in [2.24, 2.45) is 0 Å². The predicted octanol–water partition coefficient (Wildman–Crippen LogP) is 2.31. The van der Waals surface area contributed by atoms with Gasteiger partial charge in [-0.05, 0) is 28.8 Å². The van der Waals surface area contributed by atoms with Gasteiger partial charge < -0.3 is 20.1 Å². The summed E-state index contributed by atoms with van der Waals surface area (Å²) in [5, 5.41) is 5.12. The molecule has 2 aromatic carbocycles. The van der Waals surface area contributed by atoms with Crippen LogP contribution in [0.3, 0.4) is 0 Å². The molecule has 0 saturated carbocycles. The highest BCUT2D eigenvalue weighted by Crippen LogP contribution is 2.19. The molecule has 0 radical (unpaired) electrons. The zero-order valence-electron chi connectivity index (χ0n) is 20.0. The van der Waals surface area contributed by atoms with Gasteiger partial charge in [0.15, 0.2) is 0 Å². The van der Waals surface area contributed by atoms with Gasteiger partial charge in [-0.2, -0.15) is 0 Å². The van der Waals surface area contributed by atoms with Crippen LogP contribution in [0, 0.1) is 0 Å². The molecule has 0 fully saturated rings. The summed E-state index contributed by atoms with van der Waals surface area (Å²) in [5.74, 6) is -2.76. The molecule has 2 amide bonds. The first-order valence-corrected chi connectivity index (χ1v) is 11.2. The van der Waals surface area contributed by atoms with Crippen molar-refractivity contribution in [3.63, 3.8) is 0 Å². The summed E-state index contributed by atoms with van der Waals surface area (Å²) in [6.45, 7) is 0. The number of carbonyl (C=O) groups is 4. The van der Waals surface area contributed by atoms with Crippen molar-refractivity contribution in [1.29, 1.82) is 0 Å². The van der Waals surface area contributed by atoms with Crippen molar-refractivity contribution >= 4 is 23.8 Å². The fourth-order valence-corrected chi connectivity index (χ4v) is 3.51. The normalized spacial score (nSPS) is 12.1. The number of amides is 2. The summed E-state index contributed by atoms with van der Waals surface area (Å²) in [6.07, 6.45) is 1.21. The van der Waals surface area contributed by atoms with Gasteiger partial charge in [-0.1, -0.05) is 60.7 Å². The topological polar surface area (TPSA) is 124 Å². The third-order valence-corrected chi connectivity index (χ3v) is 5.40. The maximum Gasteiger partial charge on any atom is 0.328 e. The second-order valence-corrected chi connectivity index (χ2v) is 7.88. The molecular formula is C27H27N3O6. The highest BCUT2D eigenvalue weighted by Gasteiger charge is 2.30. The number of rotatable bonds is 10. The van der Waals surface area contributed by atoms with Crippen molar-refractivity contribution in [2.45, 2.75) is 24.9 Å². The maximum atomic E-state index is 13.1. The lowest BCUT2D eigenvalue weighted by Gasteiger charge is -2.22. The molecule has 2 N–H and O–H groups in total. The molecule has 9 nitrogen and oxygen atoms in total. The second kappa shape index (κ2) is 12.8. The lowest BCUT2D eigenvalue weighted by Crippen LogP contribution is -2.53. The molecule has 0 spiro atoms. The Hall–Kier alpha value is -4.53. The highest BCUT2D eigenvalue weighted by atomic mass is 16.5. The number of hydrogen-bond acceptors (Lipinski definition) is 7. The Morgan fingerprint density at radius 2 is 1.47 bits per heavy atom. The van der Waals surface area contributed by atoms with Gasteiger partial charge in [-0.3, -0.25) is 19.4 Å². The molecule has 0 bridgehead atoms. The monoisotopic (exact) mass is 489 g/mol. The summed E-state index contributed by atoms with van der Waals surface area (Å²) >= 11 is 0. The Morgan fingerprint density at radius 1 is 0.806 bits per heavy atom. The van der Waals surface area contributed by atoms with Crippen molar-refractivity contribution in [3.8, 4) is 11.1 Å². The zero-order valence-corrected chi connectivity index (χ0v) is 20.0. The van der Waals surface area contributed by atoms with Gasteiger partial charge in [0, 0.05) is 12.6 Å². The lowest BCUT2D eigenvalue weighted by atomic mass is 10.0. The quantitative estimate of drug-likeness (QED) is 0.419. The van der Waals surface area contributed by atoms with E-state index in [2.05, 4.69) is 20.4 Å². The molecule has 0 aliphatic heterocycles. The minimum Gasteiger partial charge on any atom is -0.469 e. The van der Waals surface area contributed by atoms with E-state index in [9.17, 15) is 19.2 Å². The first kappa shape index (κ1) is 26.1. The molecule has 0 aliphatic carbocycles. The molecule has 186 valence electrons. The third-order valence-electron chi connectivity index (χ3n) is 5.40. The van der Waals surface area contributed by atoms with E-state index in [0.29, 0.717) is 0 Å². The van der Waals surface area contributed by atoms with E-state index in [-0.39, 0.29) is 12.1 Å². The van der Waals surface area contributed by atoms with Crippen LogP contribution in [0.1, 0.15) is 22.5 Å². The van der Waals surface area contributed by atoms with Gasteiger partial charge in [0.05, 0.1) is 20.6 Å². The molecular weight excluding hydrogens is 462 g/mol. The Kier molecular flexibility index (Phi) is 9.27. The van der Waals surface area contributed by atoms with Crippen LogP contribution in [-0.4, -0.2) is 55.0 Å². The average molecular weight is 490 g/mol. The van der Waals surface area contributed by atoms with Crippen molar-refractivity contribution in [2.75, 3.05) is 14.2 Å². The summed E-state index contributed by atoms with van der Waals surface area (Å²) in [4.78, 5) is 54.5. The van der Waals surface area contributed by atoms with Crippen LogP contribution in [0.5, 0.6) is 0 Å². The van der Waals surface area contributed by atoms with Crippen molar-refractivity contribution in [1.82, 2.24) is 15.6 Å². The predicted molar refractivity (Wildman–Crippen MR) is 132 cm³/mol. The van der Waals surface area contributed by atoms with Crippen LogP contribution in [0.4, 0.5) is 0 Å². The number of nitrogens with zero attached hydrogens (tertiary/aromatic N) is 1. The Bertz CT molecular complexity index is 1200. The van der Waals surface area contributed by atoms with E-state index in [1.165, 1.54) is 20.4 Å². The van der Waals surface area contributed by atoms with Gasteiger partial charge >= 0.3 is 11.9 Å². The largest absolute Gasteiger partial charge is 0.469 e. The van der Waals surface area contributed by atoms with Crippen LogP contribution in [0.15, 0.2) is 79.0 Å². The van der Waals surface area contributed by atoms with E-state index < -0.39 is 42.3 Å². The van der Waals surface area contributed by atoms with Crippen LogP contribution in [0.25, 0.3) is 11.1 Å². The Labute approximate surface area is 208 Å². The minimum atomic E-state index is -1.31. The molecule has 0 aliphatic rings. The lowest BCUT2D eigenvalue weighted by molar-refractivity contribution is -0.146. The number of nitrogens with one attached hydrogen (secondary N) is 2. The molecule has 3 aromatic rings. The van der Waals surface area contributed by atoms with E-state index in [1.54, 1.807) is 24.3 Å². The average Bonchev–Trinajstić information content (AvgIpc) is 2.92. The van der Waals surface area contributed by atoms with E-state index in [1.807, 2.05) is 48.5 Å². The van der Waals surface area contributed by atoms with E-state index in [0.717, 1.165) is 16.7 Å². The van der Waals surface area contributed by atoms with Crippen molar-refractivity contribution in [3.05, 3.63) is 90.3 Å². The fraction of sp³-hybridized carbons (Fsp3) is 0.222. The Morgan fingerprint density at radius 3 is 2.11 bits per heavy atom. The number of aromatic nitrogens is 1. The summed E-state index contributed by atoms with van der Waals surface area (Å²) in [7, 11) is 2.39. The van der Waals surface area contributed by atoms with Crippen molar-refractivity contribution < 1.29 is 28.7 Å². The van der Waals surface area contributed by atoms with Crippen LogP contribution < -0.4 is 10.6 Å². The van der Waals surface area contributed by atoms with Crippen LogP contribution in [-0.2, 0) is 30.3 Å². The van der Waals surface area contributed by atoms with Gasteiger partial charge in [0.25, 0.3) is 5.91 Å². The zero-order chi connectivity index (χ0) is 25.9. The third kappa shape index (κ3) is 7.23. The first-order valence-electron chi connectivity index (χ1n) is 11.2. The maximum absolute atomic E-state index is 13.1.